The Morgan fingerprint density at radius 2 is 2.00 bits per heavy atom. The number of hydrogen-bond acceptors (Lipinski definition) is 4. The van der Waals surface area contributed by atoms with E-state index in [9.17, 15) is 8.42 Å². The Morgan fingerprint density at radius 3 is 2.63 bits per heavy atom. The average molecular weight is 296 g/mol. The highest BCUT2D eigenvalue weighted by Crippen LogP contribution is 2.08. The number of rotatable bonds is 6. The van der Waals surface area contributed by atoms with Crippen LogP contribution < -0.4 is 4.72 Å². The Balaban J connectivity index is 1.86. The first-order valence-corrected chi connectivity index (χ1v) is 8.50. The largest absolute Gasteiger partial charge is 0.250 e. The zero-order valence-electron chi connectivity index (χ0n) is 10.7. The van der Waals surface area contributed by atoms with Crippen molar-refractivity contribution in [3.63, 3.8) is 0 Å². The van der Waals surface area contributed by atoms with Crippen molar-refractivity contribution < 1.29 is 8.42 Å². The van der Waals surface area contributed by atoms with Crippen molar-refractivity contribution in [1.82, 2.24) is 9.71 Å². The molecule has 0 saturated carbocycles. The van der Waals surface area contributed by atoms with Crippen LogP contribution in [0.5, 0.6) is 0 Å². The van der Waals surface area contributed by atoms with E-state index in [1.54, 1.807) is 6.20 Å². The van der Waals surface area contributed by atoms with Crippen LogP contribution in [0.1, 0.15) is 16.1 Å². The minimum atomic E-state index is -3.27. The summed E-state index contributed by atoms with van der Waals surface area (Å²) in [6.45, 7) is 2.37. The fourth-order valence-corrected chi connectivity index (χ4v) is 3.41. The molecule has 0 aliphatic heterocycles. The van der Waals surface area contributed by atoms with Gasteiger partial charge in [-0.15, -0.1) is 11.3 Å². The minimum Gasteiger partial charge on any atom is -0.250 e. The van der Waals surface area contributed by atoms with E-state index in [4.69, 9.17) is 0 Å². The van der Waals surface area contributed by atoms with Gasteiger partial charge >= 0.3 is 0 Å². The van der Waals surface area contributed by atoms with E-state index in [-0.39, 0.29) is 5.75 Å². The first kappa shape index (κ1) is 14.2. The van der Waals surface area contributed by atoms with Crippen LogP contribution in [0.2, 0.25) is 0 Å². The highest BCUT2D eigenvalue weighted by molar-refractivity contribution is 7.88. The molecule has 102 valence electrons. The van der Waals surface area contributed by atoms with E-state index in [1.165, 1.54) is 11.3 Å². The minimum absolute atomic E-state index is 0.0190. The van der Waals surface area contributed by atoms with E-state index in [0.717, 1.165) is 16.1 Å². The van der Waals surface area contributed by atoms with Crippen LogP contribution in [-0.4, -0.2) is 19.9 Å². The maximum Gasteiger partial charge on any atom is 0.215 e. The van der Waals surface area contributed by atoms with E-state index in [1.807, 2.05) is 36.6 Å². The Labute approximate surface area is 117 Å². The van der Waals surface area contributed by atoms with Gasteiger partial charge in [-0.25, -0.2) is 18.1 Å². The predicted molar refractivity (Wildman–Crippen MR) is 77.6 cm³/mol. The van der Waals surface area contributed by atoms with Crippen molar-refractivity contribution in [1.29, 1.82) is 0 Å². The number of nitrogens with one attached hydrogen (secondary N) is 1. The molecular weight excluding hydrogens is 280 g/mol. The van der Waals surface area contributed by atoms with Gasteiger partial charge in [-0.3, -0.25) is 0 Å². The van der Waals surface area contributed by atoms with Crippen molar-refractivity contribution in [3.8, 4) is 0 Å². The molecule has 0 spiro atoms. The number of sulfonamides is 1. The van der Waals surface area contributed by atoms with Gasteiger partial charge in [0.25, 0.3) is 0 Å². The zero-order valence-corrected chi connectivity index (χ0v) is 12.3. The lowest BCUT2D eigenvalue weighted by Gasteiger charge is -2.06. The highest BCUT2D eigenvalue weighted by Gasteiger charge is 2.11. The number of aromatic nitrogens is 1. The summed E-state index contributed by atoms with van der Waals surface area (Å²) in [4.78, 5) is 4.11. The summed E-state index contributed by atoms with van der Waals surface area (Å²) < 4.78 is 26.4. The smallest absolute Gasteiger partial charge is 0.215 e. The fraction of sp³-hybridized carbons (Fsp3) is 0.308. The predicted octanol–water partition coefficient (Wildman–Crippen LogP) is 2.11. The topological polar surface area (TPSA) is 59.1 Å². The summed E-state index contributed by atoms with van der Waals surface area (Å²) in [7, 11) is -3.27. The van der Waals surface area contributed by atoms with Crippen LogP contribution in [0.25, 0.3) is 0 Å². The van der Waals surface area contributed by atoms with E-state index < -0.39 is 10.0 Å². The van der Waals surface area contributed by atoms with Crippen LogP contribution in [0.4, 0.5) is 0 Å². The third-order valence-corrected chi connectivity index (χ3v) is 4.82. The highest BCUT2D eigenvalue weighted by atomic mass is 32.2. The lowest BCUT2D eigenvalue weighted by atomic mass is 10.2. The molecule has 6 heteroatoms. The molecule has 4 nitrogen and oxygen atoms in total. The lowest BCUT2D eigenvalue weighted by Crippen LogP contribution is -2.27. The Hall–Kier alpha value is -1.24. The van der Waals surface area contributed by atoms with Gasteiger partial charge in [-0.05, 0) is 12.5 Å². The maximum atomic E-state index is 11.9. The standard InChI is InChI=1S/C13H16N2O2S2/c1-11-2-4-12(5-3-11)10-19(16,17)15-7-6-13-14-8-9-18-13/h2-5,8-9,15H,6-7,10H2,1H3. The second kappa shape index (κ2) is 6.27. The normalized spacial score (nSPS) is 11.6. The molecule has 2 aromatic rings. The quantitative estimate of drug-likeness (QED) is 0.888. The van der Waals surface area contributed by atoms with Gasteiger partial charge in [-0.2, -0.15) is 0 Å². The number of benzene rings is 1. The molecule has 0 atom stereocenters. The summed E-state index contributed by atoms with van der Waals surface area (Å²) in [6.07, 6.45) is 2.35. The fourth-order valence-electron chi connectivity index (χ4n) is 1.64. The molecule has 1 aromatic heterocycles. The van der Waals surface area contributed by atoms with Gasteiger partial charge in [0.05, 0.1) is 10.8 Å². The van der Waals surface area contributed by atoms with Gasteiger partial charge in [0.1, 0.15) is 0 Å². The summed E-state index contributed by atoms with van der Waals surface area (Å²) in [5.41, 5.74) is 1.92. The van der Waals surface area contributed by atoms with Crippen LogP contribution >= 0.6 is 11.3 Å². The third kappa shape index (κ3) is 4.74. The molecule has 1 heterocycles. The average Bonchev–Trinajstić information content (AvgIpc) is 2.85. The second-order valence-corrected chi connectivity index (χ2v) is 7.10. The first-order valence-electron chi connectivity index (χ1n) is 5.96. The SMILES string of the molecule is Cc1ccc(CS(=O)(=O)NCCc2nccs2)cc1. The van der Waals surface area contributed by atoms with Crippen molar-refractivity contribution in [2.24, 2.45) is 0 Å². The molecule has 0 radical (unpaired) electrons. The molecule has 19 heavy (non-hydrogen) atoms. The monoisotopic (exact) mass is 296 g/mol. The summed E-state index contributed by atoms with van der Waals surface area (Å²) >= 11 is 1.53. The molecule has 0 aliphatic carbocycles. The van der Waals surface area contributed by atoms with Crippen molar-refractivity contribution >= 4 is 21.4 Å². The van der Waals surface area contributed by atoms with E-state index >= 15 is 0 Å². The molecule has 1 aromatic carbocycles. The summed E-state index contributed by atoms with van der Waals surface area (Å²) in [6, 6.07) is 7.52. The number of thiazole rings is 1. The molecule has 1 N–H and O–H groups in total. The number of hydrogen-bond donors (Lipinski definition) is 1. The Kier molecular flexibility index (Phi) is 4.68. The molecule has 0 fully saturated rings. The molecule has 0 bridgehead atoms. The molecule has 0 saturated heterocycles. The van der Waals surface area contributed by atoms with Gasteiger partial charge in [0.2, 0.25) is 10.0 Å². The first-order chi connectivity index (χ1) is 9.05. The Bertz CT molecular complexity index is 605. The second-order valence-electron chi connectivity index (χ2n) is 4.31. The number of nitrogens with zero attached hydrogens (tertiary/aromatic N) is 1. The summed E-state index contributed by atoms with van der Waals surface area (Å²) in [5.74, 6) is 0.0190. The van der Waals surface area contributed by atoms with Crippen LogP contribution in [0.3, 0.4) is 0 Å². The zero-order chi connectivity index (χ0) is 13.7. The third-order valence-electron chi connectivity index (χ3n) is 2.62. The van der Waals surface area contributed by atoms with Crippen LogP contribution in [0.15, 0.2) is 35.8 Å². The molecule has 0 amide bonds. The van der Waals surface area contributed by atoms with Crippen molar-refractivity contribution in [3.05, 3.63) is 52.0 Å². The van der Waals surface area contributed by atoms with Crippen LogP contribution in [-0.2, 0) is 22.2 Å². The lowest BCUT2D eigenvalue weighted by molar-refractivity contribution is 0.580. The summed E-state index contributed by atoms with van der Waals surface area (Å²) in [5, 5.41) is 2.83. The Morgan fingerprint density at radius 1 is 1.26 bits per heavy atom. The molecule has 2 rings (SSSR count). The molecule has 0 unspecified atom stereocenters. The van der Waals surface area contributed by atoms with Crippen molar-refractivity contribution in [2.45, 2.75) is 19.1 Å². The van der Waals surface area contributed by atoms with E-state index in [2.05, 4.69) is 9.71 Å². The van der Waals surface area contributed by atoms with Gasteiger partial charge in [0, 0.05) is 24.5 Å². The van der Waals surface area contributed by atoms with Crippen molar-refractivity contribution in [2.75, 3.05) is 6.54 Å². The van der Waals surface area contributed by atoms with E-state index in [0.29, 0.717) is 13.0 Å². The number of aryl methyl sites for hydroxylation is 1. The molecular formula is C13H16N2O2S2. The van der Waals surface area contributed by atoms with Crippen LogP contribution in [0, 0.1) is 6.92 Å². The van der Waals surface area contributed by atoms with Gasteiger partial charge in [-0.1, -0.05) is 29.8 Å². The van der Waals surface area contributed by atoms with Gasteiger partial charge < -0.3 is 0 Å². The maximum absolute atomic E-state index is 11.9. The van der Waals surface area contributed by atoms with Gasteiger partial charge in [0.15, 0.2) is 0 Å². The molecule has 0 aliphatic rings.